The van der Waals surface area contributed by atoms with E-state index in [0.717, 1.165) is 37.0 Å². The van der Waals surface area contributed by atoms with Crippen LogP contribution in [-0.4, -0.2) is 22.9 Å². The Kier molecular flexibility index (Phi) is 5.18. The summed E-state index contributed by atoms with van der Waals surface area (Å²) >= 11 is 6.31. The molecule has 0 radical (unpaired) electrons. The van der Waals surface area contributed by atoms with Gasteiger partial charge < -0.3 is 15.2 Å². The SMILES string of the molecule is CC(C)(C)NCc1c(Cl)cccc1OCC1(O)CCCC1. The fourth-order valence-electron chi connectivity index (χ4n) is 2.59. The molecule has 0 unspecified atom stereocenters. The van der Waals surface area contributed by atoms with Gasteiger partial charge in [-0.3, -0.25) is 0 Å². The molecule has 3 nitrogen and oxygen atoms in total. The molecule has 1 aliphatic rings. The highest BCUT2D eigenvalue weighted by molar-refractivity contribution is 6.31. The Hall–Kier alpha value is -0.770. The maximum atomic E-state index is 10.4. The molecule has 1 aromatic carbocycles. The Balaban J connectivity index is 2.06. The molecule has 0 heterocycles. The zero-order valence-corrected chi connectivity index (χ0v) is 14.0. The number of halogens is 1. The summed E-state index contributed by atoms with van der Waals surface area (Å²) in [5.74, 6) is 0.763. The molecular weight excluding hydrogens is 286 g/mol. The number of hydrogen-bond donors (Lipinski definition) is 2. The van der Waals surface area contributed by atoms with Gasteiger partial charge in [0.05, 0.1) is 5.60 Å². The molecule has 21 heavy (non-hydrogen) atoms. The van der Waals surface area contributed by atoms with Crippen molar-refractivity contribution >= 4 is 11.6 Å². The standard InChI is InChI=1S/C17H26ClNO2/c1-16(2,3)19-11-13-14(18)7-6-8-15(13)21-12-17(20)9-4-5-10-17/h6-8,19-20H,4-5,9-12H2,1-3H3. The van der Waals surface area contributed by atoms with Crippen molar-refractivity contribution in [2.24, 2.45) is 0 Å². The highest BCUT2D eigenvalue weighted by Crippen LogP contribution is 2.32. The lowest BCUT2D eigenvalue weighted by atomic mass is 10.0. The first kappa shape index (κ1) is 16.6. The molecule has 0 spiro atoms. The van der Waals surface area contributed by atoms with Gasteiger partial charge in [-0.1, -0.05) is 30.5 Å². The Morgan fingerprint density at radius 2 is 1.95 bits per heavy atom. The molecule has 4 heteroatoms. The molecule has 1 aliphatic carbocycles. The highest BCUT2D eigenvalue weighted by Gasteiger charge is 2.32. The molecule has 0 saturated heterocycles. The Morgan fingerprint density at radius 1 is 1.29 bits per heavy atom. The molecule has 2 N–H and O–H groups in total. The third-order valence-electron chi connectivity index (χ3n) is 3.90. The Labute approximate surface area is 132 Å². The van der Waals surface area contributed by atoms with Gasteiger partial charge in [-0.05, 0) is 45.7 Å². The van der Waals surface area contributed by atoms with Crippen LogP contribution in [0.1, 0.15) is 52.0 Å². The van der Waals surface area contributed by atoms with Crippen LogP contribution < -0.4 is 10.1 Å². The van der Waals surface area contributed by atoms with Crippen molar-refractivity contribution in [3.8, 4) is 5.75 Å². The van der Waals surface area contributed by atoms with Gasteiger partial charge in [-0.2, -0.15) is 0 Å². The van der Waals surface area contributed by atoms with Gasteiger partial charge in [-0.15, -0.1) is 0 Å². The highest BCUT2D eigenvalue weighted by atomic mass is 35.5. The van der Waals surface area contributed by atoms with Crippen molar-refractivity contribution in [3.63, 3.8) is 0 Å². The maximum Gasteiger partial charge on any atom is 0.125 e. The third kappa shape index (κ3) is 4.87. The molecule has 0 atom stereocenters. The lowest BCUT2D eigenvalue weighted by molar-refractivity contribution is 0.00109. The van der Waals surface area contributed by atoms with E-state index in [2.05, 4.69) is 26.1 Å². The van der Waals surface area contributed by atoms with Gasteiger partial charge in [0.15, 0.2) is 0 Å². The summed E-state index contributed by atoms with van der Waals surface area (Å²) < 4.78 is 5.90. The van der Waals surface area contributed by atoms with Gasteiger partial charge in [0.1, 0.15) is 12.4 Å². The maximum absolute atomic E-state index is 10.4. The molecule has 1 saturated carbocycles. The van der Waals surface area contributed by atoms with E-state index in [9.17, 15) is 5.11 Å². The fraction of sp³-hybridized carbons (Fsp3) is 0.647. The molecule has 0 bridgehead atoms. The monoisotopic (exact) mass is 311 g/mol. The quantitative estimate of drug-likeness (QED) is 0.866. The van der Waals surface area contributed by atoms with E-state index in [4.69, 9.17) is 16.3 Å². The van der Waals surface area contributed by atoms with Crippen LogP contribution in [0.15, 0.2) is 18.2 Å². The molecule has 2 rings (SSSR count). The van der Waals surface area contributed by atoms with E-state index in [0.29, 0.717) is 18.2 Å². The molecule has 0 aliphatic heterocycles. The Morgan fingerprint density at radius 3 is 2.57 bits per heavy atom. The normalized spacial score (nSPS) is 18.0. The summed E-state index contributed by atoms with van der Waals surface area (Å²) in [6.45, 7) is 7.34. The first-order valence-corrected chi connectivity index (χ1v) is 8.05. The van der Waals surface area contributed by atoms with E-state index < -0.39 is 5.60 Å². The minimum absolute atomic E-state index is 0.0140. The van der Waals surface area contributed by atoms with E-state index >= 15 is 0 Å². The zero-order valence-electron chi connectivity index (χ0n) is 13.2. The summed E-state index contributed by atoms with van der Waals surface area (Å²) in [4.78, 5) is 0. The summed E-state index contributed by atoms with van der Waals surface area (Å²) in [6, 6.07) is 5.68. The average molecular weight is 312 g/mol. The van der Waals surface area contributed by atoms with Gasteiger partial charge in [0.2, 0.25) is 0 Å². The van der Waals surface area contributed by atoms with Crippen molar-refractivity contribution in [3.05, 3.63) is 28.8 Å². The predicted octanol–water partition coefficient (Wildman–Crippen LogP) is 3.91. The first-order chi connectivity index (χ1) is 9.79. The van der Waals surface area contributed by atoms with Gasteiger partial charge in [-0.25, -0.2) is 0 Å². The van der Waals surface area contributed by atoms with Crippen LogP contribution in [0.5, 0.6) is 5.75 Å². The zero-order chi connectivity index (χ0) is 15.5. The number of rotatable bonds is 5. The van der Waals surface area contributed by atoms with Gasteiger partial charge in [0, 0.05) is 22.7 Å². The van der Waals surface area contributed by atoms with Crippen LogP contribution in [0.25, 0.3) is 0 Å². The first-order valence-electron chi connectivity index (χ1n) is 7.67. The van der Waals surface area contributed by atoms with Crippen molar-refractivity contribution < 1.29 is 9.84 Å². The molecule has 0 aromatic heterocycles. The largest absolute Gasteiger partial charge is 0.490 e. The smallest absolute Gasteiger partial charge is 0.125 e. The topological polar surface area (TPSA) is 41.5 Å². The molecule has 118 valence electrons. The minimum Gasteiger partial charge on any atom is -0.490 e. The average Bonchev–Trinajstić information content (AvgIpc) is 2.81. The number of benzene rings is 1. The van der Waals surface area contributed by atoms with E-state index in [-0.39, 0.29) is 5.54 Å². The number of nitrogens with one attached hydrogen (secondary N) is 1. The van der Waals surface area contributed by atoms with E-state index in [1.54, 1.807) is 0 Å². The van der Waals surface area contributed by atoms with Crippen molar-refractivity contribution in [1.29, 1.82) is 0 Å². The van der Waals surface area contributed by atoms with Crippen molar-refractivity contribution in [2.75, 3.05) is 6.61 Å². The number of hydrogen-bond acceptors (Lipinski definition) is 3. The van der Waals surface area contributed by atoms with Gasteiger partial charge >= 0.3 is 0 Å². The summed E-state index contributed by atoms with van der Waals surface area (Å²) in [7, 11) is 0. The van der Waals surface area contributed by atoms with Crippen LogP contribution in [0.4, 0.5) is 0 Å². The predicted molar refractivity (Wildman–Crippen MR) is 87.0 cm³/mol. The van der Waals surface area contributed by atoms with Crippen LogP contribution in [0.2, 0.25) is 5.02 Å². The summed E-state index contributed by atoms with van der Waals surface area (Å²) in [5.41, 5.74) is 0.299. The molecule has 1 aromatic rings. The van der Waals surface area contributed by atoms with Crippen LogP contribution in [-0.2, 0) is 6.54 Å². The molecule has 1 fully saturated rings. The third-order valence-corrected chi connectivity index (χ3v) is 4.26. The summed E-state index contributed by atoms with van der Waals surface area (Å²) in [6.07, 6.45) is 3.80. The van der Waals surface area contributed by atoms with Crippen LogP contribution in [0, 0.1) is 0 Å². The minimum atomic E-state index is -0.670. The van der Waals surface area contributed by atoms with Gasteiger partial charge in [0.25, 0.3) is 0 Å². The van der Waals surface area contributed by atoms with Crippen LogP contribution in [0.3, 0.4) is 0 Å². The molecule has 0 amide bonds. The van der Waals surface area contributed by atoms with Crippen molar-refractivity contribution in [1.82, 2.24) is 5.32 Å². The number of ether oxygens (including phenoxy) is 1. The Bertz CT molecular complexity index is 476. The molecular formula is C17H26ClNO2. The van der Waals surface area contributed by atoms with Crippen LogP contribution >= 0.6 is 11.6 Å². The second kappa shape index (κ2) is 6.55. The second-order valence-electron chi connectivity index (χ2n) is 7.04. The van der Waals surface area contributed by atoms with E-state index in [1.165, 1.54) is 0 Å². The number of aliphatic hydroxyl groups is 1. The fourth-order valence-corrected chi connectivity index (χ4v) is 2.82. The van der Waals surface area contributed by atoms with E-state index in [1.807, 2.05) is 18.2 Å². The lowest BCUT2D eigenvalue weighted by Crippen LogP contribution is -2.35. The summed E-state index contributed by atoms with van der Waals surface area (Å²) in [5, 5.41) is 14.5. The van der Waals surface area contributed by atoms with Crippen molar-refractivity contribution in [2.45, 2.75) is 64.1 Å². The lowest BCUT2D eigenvalue weighted by Gasteiger charge is -2.25. The second-order valence-corrected chi connectivity index (χ2v) is 7.45.